The van der Waals surface area contributed by atoms with Crippen LogP contribution in [0.3, 0.4) is 0 Å². The molecule has 0 saturated carbocycles. The topological polar surface area (TPSA) is 29.9 Å². The first kappa shape index (κ1) is 12.9. The van der Waals surface area contributed by atoms with Gasteiger partial charge in [-0.05, 0) is 48.2 Å². The van der Waals surface area contributed by atoms with Gasteiger partial charge in [-0.3, -0.25) is 4.57 Å². The molecule has 23 heavy (non-hydrogen) atoms. The molecule has 112 valence electrons. The van der Waals surface area contributed by atoms with Crippen LogP contribution >= 0.6 is 11.3 Å². The Bertz CT molecular complexity index is 1030. The lowest BCUT2D eigenvalue weighted by Crippen LogP contribution is -2.24. The van der Waals surface area contributed by atoms with Crippen LogP contribution in [0.5, 0.6) is 0 Å². The average molecular weight is 317 g/mol. The SMILES string of the molecule is Cc1ccsc1[C@H]1Nc2ccccc2-c2nc3ccccc3n21. The van der Waals surface area contributed by atoms with Gasteiger partial charge in [-0.15, -0.1) is 11.3 Å². The molecule has 1 aliphatic rings. The summed E-state index contributed by atoms with van der Waals surface area (Å²) in [6.07, 6.45) is 0.0901. The largest absolute Gasteiger partial charge is 0.360 e. The van der Waals surface area contributed by atoms with E-state index in [0.29, 0.717) is 0 Å². The molecule has 4 aromatic rings. The summed E-state index contributed by atoms with van der Waals surface area (Å²) in [5.74, 6) is 1.04. The van der Waals surface area contributed by atoms with E-state index in [9.17, 15) is 0 Å². The van der Waals surface area contributed by atoms with Crippen molar-refractivity contribution >= 4 is 28.1 Å². The van der Waals surface area contributed by atoms with E-state index in [1.807, 2.05) is 6.07 Å². The third kappa shape index (κ3) is 1.79. The van der Waals surface area contributed by atoms with Gasteiger partial charge < -0.3 is 5.32 Å². The average Bonchev–Trinajstić information content (AvgIpc) is 3.18. The van der Waals surface area contributed by atoms with Gasteiger partial charge in [-0.2, -0.15) is 0 Å². The minimum atomic E-state index is 0.0901. The number of imidazole rings is 1. The highest BCUT2D eigenvalue weighted by molar-refractivity contribution is 7.10. The van der Waals surface area contributed by atoms with Crippen LogP contribution in [-0.4, -0.2) is 9.55 Å². The second-order valence-corrected chi connectivity index (χ2v) is 6.80. The number of nitrogens with zero attached hydrogens (tertiary/aromatic N) is 2. The highest BCUT2D eigenvalue weighted by atomic mass is 32.1. The number of hydrogen-bond acceptors (Lipinski definition) is 3. The van der Waals surface area contributed by atoms with Crippen LogP contribution in [0.15, 0.2) is 60.0 Å². The van der Waals surface area contributed by atoms with Gasteiger partial charge in [0.1, 0.15) is 12.0 Å². The summed E-state index contributed by atoms with van der Waals surface area (Å²) in [6.45, 7) is 2.17. The maximum Gasteiger partial charge on any atom is 0.145 e. The number of benzene rings is 2. The van der Waals surface area contributed by atoms with Gasteiger partial charge in [0.25, 0.3) is 0 Å². The number of nitrogens with one attached hydrogen (secondary N) is 1. The van der Waals surface area contributed by atoms with Crippen molar-refractivity contribution < 1.29 is 0 Å². The number of anilines is 1. The molecule has 0 unspecified atom stereocenters. The fraction of sp³-hybridized carbons (Fsp3) is 0.105. The number of thiophene rings is 1. The maximum absolute atomic E-state index is 4.91. The first-order chi connectivity index (χ1) is 11.3. The highest BCUT2D eigenvalue weighted by Crippen LogP contribution is 2.42. The number of para-hydroxylation sites is 3. The normalized spacial score (nSPS) is 16.0. The van der Waals surface area contributed by atoms with Crippen molar-refractivity contribution in [2.24, 2.45) is 0 Å². The molecule has 0 aliphatic carbocycles. The summed E-state index contributed by atoms with van der Waals surface area (Å²) in [6, 6.07) is 19.0. The summed E-state index contributed by atoms with van der Waals surface area (Å²) in [4.78, 5) is 6.25. The standard InChI is InChI=1S/C19H15N3S/c1-12-10-11-23-17(12)19-20-14-7-3-2-6-13(14)18-21-15-8-4-5-9-16(15)22(18)19/h2-11,19-20H,1H3/t19-/m0/s1. The predicted molar refractivity (Wildman–Crippen MR) is 96.0 cm³/mol. The first-order valence-corrected chi connectivity index (χ1v) is 8.58. The third-order valence-electron chi connectivity index (χ3n) is 4.46. The monoisotopic (exact) mass is 317 g/mol. The van der Waals surface area contributed by atoms with E-state index in [1.54, 1.807) is 11.3 Å². The zero-order valence-corrected chi connectivity index (χ0v) is 13.5. The van der Waals surface area contributed by atoms with Gasteiger partial charge in [-0.1, -0.05) is 24.3 Å². The van der Waals surface area contributed by atoms with E-state index in [-0.39, 0.29) is 6.17 Å². The fourth-order valence-corrected chi connectivity index (χ4v) is 4.32. The Labute approximate surface area is 138 Å². The van der Waals surface area contributed by atoms with Crippen molar-refractivity contribution in [2.75, 3.05) is 5.32 Å². The van der Waals surface area contributed by atoms with E-state index in [1.165, 1.54) is 16.0 Å². The van der Waals surface area contributed by atoms with Crippen molar-refractivity contribution in [1.82, 2.24) is 9.55 Å². The minimum absolute atomic E-state index is 0.0901. The molecule has 4 heteroatoms. The Kier molecular flexibility index (Phi) is 2.64. The Morgan fingerprint density at radius 3 is 2.74 bits per heavy atom. The smallest absolute Gasteiger partial charge is 0.145 e. The van der Waals surface area contributed by atoms with Crippen molar-refractivity contribution in [2.45, 2.75) is 13.1 Å². The molecule has 0 saturated heterocycles. The minimum Gasteiger partial charge on any atom is -0.360 e. The molecule has 5 rings (SSSR count). The lowest BCUT2D eigenvalue weighted by Gasteiger charge is -2.29. The molecular formula is C19H15N3S. The van der Waals surface area contributed by atoms with E-state index < -0.39 is 0 Å². The second-order valence-electron chi connectivity index (χ2n) is 5.85. The van der Waals surface area contributed by atoms with E-state index in [2.05, 4.69) is 70.7 Å². The van der Waals surface area contributed by atoms with Crippen LogP contribution in [0.1, 0.15) is 16.6 Å². The Morgan fingerprint density at radius 2 is 1.87 bits per heavy atom. The van der Waals surface area contributed by atoms with Crippen LogP contribution < -0.4 is 5.32 Å². The molecule has 2 aromatic heterocycles. The van der Waals surface area contributed by atoms with E-state index >= 15 is 0 Å². The number of fused-ring (bicyclic) bond motifs is 5. The van der Waals surface area contributed by atoms with Crippen molar-refractivity contribution in [3.63, 3.8) is 0 Å². The molecule has 1 N–H and O–H groups in total. The fourth-order valence-electron chi connectivity index (χ4n) is 3.36. The molecule has 1 aliphatic heterocycles. The lowest BCUT2D eigenvalue weighted by molar-refractivity contribution is 0.677. The van der Waals surface area contributed by atoms with Gasteiger partial charge in [0.15, 0.2) is 0 Å². The van der Waals surface area contributed by atoms with Crippen molar-refractivity contribution in [3.8, 4) is 11.4 Å². The lowest BCUT2D eigenvalue weighted by atomic mass is 10.1. The van der Waals surface area contributed by atoms with E-state index in [4.69, 9.17) is 4.98 Å². The van der Waals surface area contributed by atoms with Crippen LogP contribution in [0, 0.1) is 6.92 Å². The Balaban J connectivity index is 1.87. The summed E-state index contributed by atoms with van der Waals surface area (Å²) in [5, 5.41) is 5.87. The van der Waals surface area contributed by atoms with Crippen molar-refractivity contribution in [1.29, 1.82) is 0 Å². The molecule has 0 radical (unpaired) electrons. The number of rotatable bonds is 1. The summed E-state index contributed by atoms with van der Waals surface area (Å²) >= 11 is 1.80. The summed E-state index contributed by atoms with van der Waals surface area (Å²) in [7, 11) is 0. The third-order valence-corrected chi connectivity index (χ3v) is 5.54. The maximum atomic E-state index is 4.91. The van der Waals surface area contributed by atoms with Gasteiger partial charge in [-0.25, -0.2) is 4.98 Å². The molecule has 0 bridgehead atoms. The van der Waals surface area contributed by atoms with Crippen molar-refractivity contribution in [3.05, 3.63) is 70.4 Å². The zero-order chi connectivity index (χ0) is 15.4. The molecular weight excluding hydrogens is 302 g/mol. The van der Waals surface area contributed by atoms with Gasteiger partial charge in [0.2, 0.25) is 0 Å². The van der Waals surface area contributed by atoms with Crippen LogP contribution in [-0.2, 0) is 0 Å². The Hall–Kier alpha value is -2.59. The Morgan fingerprint density at radius 1 is 1.04 bits per heavy atom. The highest BCUT2D eigenvalue weighted by Gasteiger charge is 2.29. The first-order valence-electron chi connectivity index (χ1n) is 7.70. The predicted octanol–water partition coefficient (Wildman–Crippen LogP) is 5.05. The zero-order valence-electron chi connectivity index (χ0n) is 12.7. The van der Waals surface area contributed by atoms with E-state index in [0.717, 1.165) is 22.6 Å². The molecule has 1 atom stereocenters. The molecule has 0 fully saturated rings. The summed E-state index contributed by atoms with van der Waals surface area (Å²) in [5.41, 5.74) is 5.83. The van der Waals surface area contributed by atoms with Gasteiger partial charge in [0, 0.05) is 11.3 Å². The van der Waals surface area contributed by atoms with Crippen LogP contribution in [0.2, 0.25) is 0 Å². The number of aromatic nitrogens is 2. The quantitative estimate of drug-likeness (QED) is 0.532. The molecule has 3 nitrogen and oxygen atoms in total. The number of hydrogen-bond donors (Lipinski definition) is 1. The van der Waals surface area contributed by atoms with Crippen LogP contribution in [0.4, 0.5) is 5.69 Å². The molecule has 2 aromatic carbocycles. The molecule has 0 amide bonds. The van der Waals surface area contributed by atoms with Gasteiger partial charge >= 0.3 is 0 Å². The van der Waals surface area contributed by atoms with Crippen LogP contribution in [0.25, 0.3) is 22.4 Å². The molecule has 3 heterocycles. The van der Waals surface area contributed by atoms with Gasteiger partial charge in [0.05, 0.1) is 15.9 Å². The second kappa shape index (κ2) is 4.70. The molecule has 0 spiro atoms. The number of aryl methyl sites for hydroxylation is 1. The summed E-state index contributed by atoms with van der Waals surface area (Å²) < 4.78 is 2.33.